The molecule has 0 radical (unpaired) electrons. The molecule has 0 aliphatic carbocycles. The van der Waals surface area contributed by atoms with Crippen LogP contribution in [0.2, 0.25) is 0 Å². The van der Waals surface area contributed by atoms with E-state index in [0.29, 0.717) is 16.3 Å². The number of hydrogen-bond acceptors (Lipinski definition) is 6. The summed E-state index contributed by atoms with van der Waals surface area (Å²) in [5.74, 6) is 1.12. The van der Waals surface area contributed by atoms with Crippen LogP contribution in [0.15, 0.2) is 70.5 Å². The van der Waals surface area contributed by atoms with Crippen molar-refractivity contribution in [2.75, 3.05) is 5.32 Å². The van der Waals surface area contributed by atoms with Crippen molar-refractivity contribution in [3.05, 3.63) is 77.9 Å². The van der Waals surface area contributed by atoms with Crippen molar-refractivity contribution < 1.29 is 9.32 Å². The van der Waals surface area contributed by atoms with Crippen molar-refractivity contribution in [1.82, 2.24) is 15.1 Å². The minimum absolute atomic E-state index is 0.210. The first-order valence-electron chi connectivity index (χ1n) is 8.36. The van der Waals surface area contributed by atoms with Crippen molar-refractivity contribution in [3.63, 3.8) is 0 Å². The monoisotopic (exact) mass is 376 g/mol. The number of thioether (sulfide) groups is 1. The van der Waals surface area contributed by atoms with Gasteiger partial charge in [0.2, 0.25) is 0 Å². The highest BCUT2D eigenvalue weighted by atomic mass is 32.2. The molecule has 0 fully saturated rings. The number of nitrogens with zero attached hydrogens (tertiary/aromatic N) is 3. The van der Waals surface area contributed by atoms with Crippen LogP contribution in [0, 0.1) is 6.92 Å². The molecule has 7 heteroatoms. The second-order valence-corrected chi connectivity index (χ2v) is 6.87. The number of aryl methyl sites for hydroxylation is 1. The molecule has 0 saturated carbocycles. The summed E-state index contributed by atoms with van der Waals surface area (Å²) in [5, 5.41) is 8.49. The number of hydrogen-bond donors (Lipinski definition) is 1. The average molecular weight is 376 g/mol. The maximum atomic E-state index is 12.9. The van der Waals surface area contributed by atoms with Gasteiger partial charge in [-0.1, -0.05) is 23.0 Å². The van der Waals surface area contributed by atoms with Crippen LogP contribution in [-0.4, -0.2) is 21.0 Å². The lowest BCUT2D eigenvalue weighted by molar-refractivity contribution is 0.102. The van der Waals surface area contributed by atoms with Gasteiger partial charge in [-0.3, -0.25) is 9.78 Å². The number of fused-ring (bicyclic) bond motifs is 1. The molecule has 0 atom stereocenters. The molecular formula is C20H16N4O2S. The van der Waals surface area contributed by atoms with E-state index in [1.807, 2.05) is 43.3 Å². The topological polar surface area (TPSA) is 80.9 Å². The summed E-state index contributed by atoms with van der Waals surface area (Å²) >= 11 is 1.45. The number of aromatic nitrogens is 3. The Hall–Kier alpha value is -3.19. The molecule has 1 aromatic carbocycles. The summed E-state index contributed by atoms with van der Waals surface area (Å²) < 4.78 is 5.08. The van der Waals surface area contributed by atoms with Gasteiger partial charge in [-0.2, -0.15) is 0 Å². The van der Waals surface area contributed by atoms with Gasteiger partial charge in [0.15, 0.2) is 0 Å². The SMILES string of the molecule is Cc1cc(CSc2ncccc2C(=O)Nc2cccc3ncccc23)no1. The lowest BCUT2D eigenvalue weighted by Crippen LogP contribution is -2.14. The van der Waals surface area contributed by atoms with Gasteiger partial charge in [-0.25, -0.2) is 4.98 Å². The van der Waals surface area contributed by atoms with Gasteiger partial charge in [-0.05, 0) is 43.3 Å². The number of amides is 1. The van der Waals surface area contributed by atoms with Gasteiger partial charge in [-0.15, -0.1) is 0 Å². The average Bonchev–Trinajstić information content (AvgIpc) is 3.12. The summed E-state index contributed by atoms with van der Waals surface area (Å²) in [4.78, 5) is 21.6. The molecular weight excluding hydrogens is 360 g/mol. The number of benzene rings is 1. The maximum absolute atomic E-state index is 12.9. The Morgan fingerprint density at radius 1 is 1.11 bits per heavy atom. The van der Waals surface area contributed by atoms with Crippen LogP contribution >= 0.6 is 11.8 Å². The molecule has 0 unspecified atom stereocenters. The summed E-state index contributed by atoms with van der Waals surface area (Å²) in [6.07, 6.45) is 3.41. The third-order valence-electron chi connectivity index (χ3n) is 3.94. The molecule has 27 heavy (non-hydrogen) atoms. The van der Waals surface area contributed by atoms with Crippen LogP contribution in [0.3, 0.4) is 0 Å². The number of rotatable bonds is 5. The first kappa shape index (κ1) is 17.2. The Bertz CT molecular complexity index is 1100. The molecule has 0 bridgehead atoms. The van der Waals surface area contributed by atoms with E-state index in [1.54, 1.807) is 24.5 Å². The quantitative estimate of drug-likeness (QED) is 0.518. The normalized spacial score (nSPS) is 10.9. The van der Waals surface area contributed by atoms with Crippen LogP contribution in [-0.2, 0) is 5.75 Å². The predicted molar refractivity (Wildman–Crippen MR) is 105 cm³/mol. The molecule has 134 valence electrons. The van der Waals surface area contributed by atoms with Crippen LogP contribution in [0.25, 0.3) is 10.9 Å². The Kier molecular flexibility index (Phi) is 4.84. The highest BCUT2D eigenvalue weighted by molar-refractivity contribution is 7.98. The van der Waals surface area contributed by atoms with Crippen molar-refractivity contribution in [2.45, 2.75) is 17.7 Å². The van der Waals surface area contributed by atoms with Gasteiger partial charge in [0.05, 0.1) is 22.5 Å². The molecule has 0 saturated heterocycles. The van der Waals surface area contributed by atoms with E-state index in [4.69, 9.17) is 4.52 Å². The molecule has 0 spiro atoms. The largest absolute Gasteiger partial charge is 0.361 e. The first-order chi connectivity index (χ1) is 13.2. The van der Waals surface area contributed by atoms with Crippen molar-refractivity contribution >= 4 is 34.3 Å². The zero-order chi connectivity index (χ0) is 18.6. The number of nitrogens with one attached hydrogen (secondary N) is 1. The highest BCUT2D eigenvalue weighted by Crippen LogP contribution is 2.26. The van der Waals surface area contributed by atoms with E-state index in [1.165, 1.54) is 11.8 Å². The lowest BCUT2D eigenvalue weighted by Gasteiger charge is -2.10. The van der Waals surface area contributed by atoms with Gasteiger partial charge in [0.1, 0.15) is 10.8 Å². The Balaban J connectivity index is 1.56. The molecule has 4 aromatic rings. The zero-order valence-corrected chi connectivity index (χ0v) is 15.4. The van der Waals surface area contributed by atoms with Crippen LogP contribution < -0.4 is 5.32 Å². The highest BCUT2D eigenvalue weighted by Gasteiger charge is 2.15. The smallest absolute Gasteiger partial charge is 0.258 e. The summed E-state index contributed by atoms with van der Waals surface area (Å²) in [7, 11) is 0. The fraction of sp³-hybridized carbons (Fsp3) is 0.100. The first-order valence-corrected chi connectivity index (χ1v) is 9.34. The second kappa shape index (κ2) is 7.59. The van der Waals surface area contributed by atoms with E-state index >= 15 is 0 Å². The standard InChI is InChI=1S/C20H16N4O2S/c1-13-11-14(24-26-13)12-27-20-16(6-4-10-22-20)19(25)23-18-8-2-7-17-15(18)5-3-9-21-17/h2-11H,12H2,1H3,(H,23,25). The van der Waals surface area contributed by atoms with Gasteiger partial charge >= 0.3 is 0 Å². The van der Waals surface area contributed by atoms with E-state index in [-0.39, 0.29) is 5.91 Å². The molecule has 1 amide bonds. The third-order valence-corrected chi connectivity index (χ3v) is 4.98. The molecule has 6 nitrogen and oxygen atoms in total. The van der Waals surface area contributed by atoms with Crippen LogP contribution in [0.1, 0.15) is 21.8 Å². The van der Waals surface area contributed by atoms with E-state index in [9.17, 15) is 4.79 Å². The van der Waals surface area contributed by atoms with Crippen LogP contribution in [0.4, 0.5) is 5.69 Å². The molecule has 3 heterocycles. The van der Waals surface area contributed by atoms with Gasteiger partial charge in [0, 0.05) is 29.6 Å². The second-order valence-electron chi connectivity index (χ2n) is 5.90. The Morgan fingerprint density at radius 2 is 1.96 bits per heavy atom. The lowest BCUT2D eigenvalue weighted by atomic mass is 10.1. The van der Waals surface area contributed by atoms with Crippen molar-refractivity contribution in [1.29, 1.82) is 0 Å². The summed E-state index contributed by atoms with van der Waals surface area (Å²) in [6, 6.07) is 14.8. The van der Waals surface area contributed by atoms with Crippen molar-refractivity contribution in [2.24, 2.45) is 0 Å². The van der Waals surface area contributed by atoms with E-state index in [0.717, 1.165) is 28.0 Å². The molecule has 0 aliphatic rings. The fourth-order valence-electron chi connectivity index (χ4n) is 2.71. The summed E-state index contributed by atoms with van der Waals surface area (Å²) in [6.45, 7) is 1.85. The van der Waals surface area contributed by atoms with Crippen molar-refractivity contribution in [3.8, 4) is 0 Å². The summed E-state index contributed by atoms with van der Waals surface area (Å²) in [5.41, 5.74) is 2.88. The number of pyridine rings is 2. The maximum Gasteiger partial charge on any atom is 0.258 e. The molecule has 4 rings (SSSR count). The molecule has 0 aliphatic heterocycles. The van der Waals surface area contributed by atoms with E-state index in [2.05, 4.69) is 20.4 Å². The zero-order valence-electron chi connectivity index (χ0n) is 14.5. The third kappa shape index (κ3) is 3.83. The molecule has 1 N–H and O–H groups in total. The predicted octanol–water partition coefficient (Wildman–Crippen LogP) is 4.47. The van der Waals surface area contributed by atoms with Gasteiger partial charge in [0.25, 0.3) is 5.91 Å². The Morgan fingerprint density at radius 3 is 2.81 bits per heavy atom. The van der Waals surface area contributed by atoms with Gasteiger partial charge < -0.3 is 9.84 Å². The van der Waals surface area contributed by atoms with E-state index < -0.39 is 0 Å². The molecule has 3 aromatic heterocycles. The number of anilines is 1. The number of carbonyl (C=O) groups excluding carboxylic acids is 1. The minimum Gasteiger partial charge on any atom is -0.361 e. The Labute approximate surface area is 160 Å². The minimum atomic E-state index is -0.210. The fourth-order valence-corrected chi connectivity index (χ4v) is 3.58. The number of carbonyl (C=O) groups is 1. The van der Waals surface area contributed by atoms with Crippen LogP contribution in [0.5, 0.6) is 0 Å².